The highest BCUT2D eigenvalue weighted by Gasteiger charge is 2.00. The van der Waals surface area contributed by atoms with Gasteiger partial charge in [0.2, 0.25) is 0 Å². The summed E-state index contributed by atoms with van der Waals surface area (Å²) in [7, 11) is 14.2. The number of rotatable bonds is 11. The summed E-state index contributed by atoms with van der Waals surface area (Å²) in [6.07, 6.45) is 2.44. The zero-order valence-electron chi connectivity index (χ0n) is 25.3. The van der Waals surface area contributed by atoms with Crippen LogP contribution in [0.15, 0.2) is 60.7 Å². The Balaban J connectivity index is -0.000000422. The first-order chi connectivity index (χ1) is 17.9. The topological polar surface area (TPSA) is 70.7 Å². The quantitative estimate of drug-likeness (QED) is 0.393. The van der Waals surface area contributed by atoms with Gasteiger partial charge in [-0.15, -0.1) is 0 Å². The molecule has 2 N–H and O–H groups in total. The van der Waals surface area contributed by atoms with Crippen LogP contribution in [0.4, 0.5) is 11.4 Å². The summed E-state index contributed by atoms with van der Waals surface area (Å²) in [6.45, 7) is 8.85. The molecule has 0 heterocycles. The molecule has 0 saturated carbocycles. The van der Waals surface area contributed by atoms with E-state index in [0.29, 0.717) is 6.61 Å². The van der Waals surface area contributed by atoms with Crippen molar-refractivity contribution in [3.05, 3.63) is 60.7 Å². The Kier molecular flexibility index (Phi) is 33.7. The van der Waals surface area contributed by atoms with Crippen LogP contribution in [0, 0.1) is 0 Å². The van der Waals surface area contributed by atoms with Gasteiger partial charge < -0.3 is 15.0 Å². The van der Waals surface area contributed by atoms with E-state index in [1.807, 2.05) is 106 Å². The summed E-state index contributed by atoms with van der Waals surface area (Å²) in [4.78, 5) is 19.6. The van der Waals surface area contributed by atoms with Crippen LogP contribution < -0.4 is 20.9 Å². The van der Waals surface area contributed by atoms with E-state index >= 15 is 0 Å². The van der Waals surface area contributed by atoms with E-state index in [-0.39, 0.29) is 0 Å². The van der Waals surface area contributed by atoms with E-state index < -0.39 is 0 Å². The van der Waals surface area contributed by atoms with Gasteiger partial charge in [0, 0.05) is 34.2 Å². The summed E-state index contributed by atoms with van der Waals surface area (Å²) in [5.74, 6) is 0. The summed E-state index contributed by atoms with van der Waals surface area (Å²) < 4.78 is 0. The first kappa shape index (κ1) is 39.3. The van der Waals surface area contributed by atoms with Gasteiger partial charge >= 0.3 is 0 Å². The minimum absolute atomic E-state index is 0.711. The molecular formula is C28H55N5O4. The Morgan fingerprint density at radius 2 is 1.19 bits per heavy atom. The zero-order chi connectivity index (χ0) is 28.7. The first-order valence-electron chi connectivity index (χ1n) is 12.7. The Labute approximate surface area is 227 Å². The average Bonchev–Trinajstić information content (AvgIpc) is 2.96. The number of nitrogens with zero attached hydrogens (tertiary/aromatic N) is 3. The Morgan fingerprint density at radius 1 is 0.730 bits per heavy atom. The van der Waals surface area contributed by atoms with Crippen LogP contribution in [0.2, 0.25) is 0 Å². The van der Waals surface area contributed by atoms with Crippen molar-refractivity contribution in [3.63, 3.8) is 0 Å². The number of hydrogen-bond acceptors (Lipinski definition) is 9. The third-order valence-corrected chi connectivity index (χ3v) is 4.35. The van der Waals surface area contributed by atoms with Crippen molar-refractivity contribution < 1.29 is 19.4 Å². The largest absolute Gasteiger partial charge is 0.323 e. The molecule has 0 aromatic heterocycles. The highest BCUT2D eigenvalue weighted by molar-refractivity contribution is 5.43. The molecule has 0 unspecified atom stereocenters. The molecule has 0 amide bonds. The third kappa shape index (κ3) is 26.6. The fourth-order valence-corrected chi connectivity index (χ4v) is 2.31. The van der Waals surface area contributed by atoms with Crippen LogP contribution in [0.3, 0.4) is 0 Å². The number of nitrogens with one attached hydrogen (secondary N) is 2. The molecule has 2 aromatic rings. The predicted octanol–water partition coefficient (Wildman–Crippen LogP) is 5.03. The van der Waals surface area contributed by atoms with Gasteiger partial charge in [-0.1, -0.05) is 49.7 Å². The predicted molar refractivity (Wildman–Crippen MR) is 159 cm³/mol. The fourth-order valence-electron chi connectivity index (χ4n) is 2.31. The SMILES string of the molecule is CCCCN(C)OC.CCON(CC)c1ccccc1.CNC.CNOC.CON(C)c1ccccc1. The second kappa shape index (κ2) is 31.8. The Morgan fingerprint density at radius 3 is 1.51 bits per heavy atom. The molecule has 2 aromatic carbocycles. The lowest BCUT2D eigenvalue weighted by Gasteiger charge is -2.20. The van der Waals surface area contributed by atoms with Crippen molar-refractivity contribution in [2.75, 3.05) is 86.4 Å². The van der Waals surface area contributed by atoms with Gasteiger partial charge in [-0.25, -0.2) is 5.48 Å². The van der Waals surface area contributed by atoms with E-state index in [2.05, 4.69) is 29.5 Å². The van der Waals surface area contributed by atoms with Crippen LogP contribution in [-0.4, -0.2) is 81.3 Å². The molecule has 0 radical (unpaired) electrons. The summed E-state index contributed by atoms with van der Waals surface area (Å²) in [5, 5.41) is 8.18. The highest BCUT2D eigenvalue weighted by atomic mass is 16.7. The van der Waals surface area contributed by atoms with Crippen LogP contribution in [-0.2, 0) is 19.4 Å². The zero-order valence-corrected chi connectivity index (χ0v) is 25.3. The van der Waals surface area contributed by atoms with Crippen molar-refractivity contribution in [2.24, 2.45) is 0 Å². The standard InChI is InChI=1S/C10H15NO.C8H11NO.C6H15NO.C2H7NO.C2H7N/c1-3-11(12-4-2)10-8-6-5-7-9-10;1-9(10-2)8-6-4-3-5-7-8;1-4-5-6-7(2)8-3;1-3-4-2;1-3-2/h5-9H,3-4H2,1-2H3;3-7H,1-2H3;4-6H2,1-3H3;3H,1-2H3;3H,1-2H3. The fraction of sp³-hybridized carbons (Fsp3) is 0.571. The van der Waals surface area contributed by atoms with Gasteiger partial charge in [-0.05, 0) is 58.6 Å². The van der Waals surface area contributed by atoms with E-state index in [1.54, 1.807) is 33.4 Å². The average molecular weight is 526 g/mol. The first-order valence-corrected chi connectivity index (χ1v) is 12.7. The van der Waals surface area contributed by atoms with Crippen LogP contribution >= 0.6 is 0 Å². The van der Waals surface area contributed by atoms with Gasteiger partial charge in [-0.3, -0.25) is 19.8 Å². The second-order valence-corrected chi connectivity index (χ2v) is 7.26. The number of unbranched alkanes of at least 4 members (excludes halogenated alkanes) is 1. The van der Waals surface area contributed by atoms with Gasteiger partial charge in [0.05, 0.1) is 39.3 Å². The maximum absolute atomic E-state index is 5.41. The molecule has 0 aliphatic rings. The minimum atomic E-state index is 0.711. The monoisotopic (exact) mass is 525 g/mol. The Bertz CT molecular complexity index is 652. The highest BCUT2D eigenvalue weighted by Crippen LogP contribution is 2.12. The van der Waals surface area contributed by atoms with Crippen molar-refractivity contribution in [1.29, 1.82) is 0 Å². The number of anilines is 2. The third-order valence-electron chi connectivity index (χ3n) is 4.35. The summed E-state index contributed by atoms with van der Waals surface area (Å²) >= 11 is 0. The Hall–Kier alpha value is -2.24. The molecule has 0 spiro atoms. The lowest BCUT2D eigenvalue weighted by atomic mass is 10.3. The van der Waals surface area contributed by atoms with Gasteiger partial charge in [0.25, 0.3) is 0 Å². The van der Waals surface area contributed by atoms with Gasteiger partial charge in [0.1, 0.15) is 0 Å². The van der Waals surface area contributed by atoms with Crippen molar-refractivity contribution in [1.82, 2.24) is 15.9 Å². The van der Waals surface area contributed by atoms with E-state index in [9.17, 15) is 0 Å². The number of para-hydroxylation sites is 2. The van der Waals surface area contributed by atoms with Crippen LogP contribution in [0.1, 0.15) is 33.6 Å². The van der Waals surface area contributed by atoms with Crippen molar-refractivity contribution >= 4 is 11.4 Å². The molecule has 9 heteroatoms. The van der Waals surface area contributed by atoms with Crippen molar-refractivity contribution in [3.8, 4) is 0 Å². The molecule has 216 valence electrons. The van der Waals surface area contributed by atoms with Crippen LogP contribution in [0.25, 0.3) is 0 Å². The molecule has 0 aliphatic heterocycles. The molecule has 9 nitrogen and oxygen atoms in total. The smallest absolute Gasteiger partial charge is 0.0720 e. The lowest BCUT2D eigenvalue weighted by Crippen LogP contribution is -2.22. The summed E-state index contributed by atoms with van der Waals surface area (Å²) in [6, 6.07) is 20.0. The van der Waals surface area contributed by atoms with Crippen molar-refractivity contribution in [2.45, 2.75) is 33.6 Å². The molecule has 0 aliphatic carbocycles. The maximum Gasteiger partial charge on any atom is 0.0720 e. The molecule has 0 atom stereocenters. The lowest BCUT2D eigenvalue weighted by molar-refractivity contribution is -0.109. The maximum atomic E-state index is 5.41. The molecule has 37 heavy (non-hydrogen) atoms. The van der Waals surface area contributed by atoms with Gasteiger partial charge in [-0.2, -0.15) is 5.06 Å². The van der Waals surface area contributed by atoms with Crippen LogP contribution in [0.5, 0.6) is 0 Å². The number of hydrogen-bond donors (Lipinski definition) is 2. The van der Waals surface area contributed by atoms with Gasteiger partial charge in [0.15, 0.2) is 0 Å². The minimum Gasteiger partial charge on any atom is -0.323 e. The normalized spacial score (nSPS) is 9.30. The molecule has 0 fully saturated rings. The second-order valence-electron chi connectivity index (χ2n) is 7.26. The number of hydroxylamine groups is 5. The van der Waals surface area contributed by atoms with E-state index in [4.69, 9.17) is 14.5 Å². The van der Waals surface area contributed by atoms with E-state index in [0.717, 1.165) is 24.5 Å². The summed E-state index contributed by atoms with van der Waals surface area (Å²) in [5.41, 5.74) is 4.60. The number of benzene rings is 2. The molecule has 0 bridgehead atoms. The molecule has 2 rings (SSSR count). The molecular weight excluding hydrogens is 470 g/mol. The molecule has 0 saturated heterocycles. The van der Waals surface area contributed by atoms with E-state index in [1.165, 1.54) is 12.8 Å².